The van der Waals surface area contributed by atoms with Gasteiger partial charge in [-0.3, -0.25) is 0 Å². The second-order valence-corrected chi connectivity index (χ2v) is 4.37. The van der Waals surface area contributed by atoms with Gasteiger partial charge in [-0.1, -0.05) is 13.8 Å². The quantitative estimate of drug-likeness (QED) is 0.735. The Hall–Kier alpha value is -1.55. The van der Waals surface area contributed by atoms with E-state index in [2.05, 4.69) is 35.2 Å². The molecule has 4 heteroatoms. The molecule has 1 aromatic carbocycles. The Morgan fingerprint density at radius 2 is 2.25 bits per heavy atom. The van der Waals surface area contributed by atoms with Crippen LogP contribution in [0.5, 0.6) is 0 Å². The number of aromatic amines is 1. The molecule has 2 aromatic rings. The summed E-state index contributed by atoms with van der Waals surface area (Å²) in [6.07, 6.45) is 1.71. The molecule has 4 N–H and O–H groups in total. The van der Waals surface area contributed by atoms with Crippen LogP contribution in [0.15, 0.2) is 24.5 Å². The number of imidazole rings is 1. The van der Waals surface area contributed by atoms with Gasteiger partial charge in [0.25, 0.3) is 0 Å². The smallest absolute Gasteiger partial charge is 0.0931 e. The fourth-order valence-corrected chi connectivity index (χ4v) is 1.74. The van der Waals surface area contributed by atoms with Crippen LogP contribution < -0.4 is 11.1 Å². The Bertz CT molecular complexity index is 461. The maximum Gasteiger partial charge on any atom is 0.0931 e. The van der Waals surface area contributed by atoms with Gasteiger partial charge >= 0.3 is 0 Å². The molecule has 1 unspecified atom stereocenters. The summed E-state index contributed by atoms with van der Waals surface area (Å²) in [5.74, 6) is 0.516. The average molecular weight is 218 g/mol. The lowest BCUT2D eigenvalue weighted by Gasteiger charge is -2.21. The third kappa shape index (κ3) is 2.17. The summed E-state index contributed by atoms with van der Waals surface area (Å²) in [5, 5.41) is 3.44. The van der Waals surface area contributed by atoms with Gasteiger partial charge in [0.05, 0.1) is 17.4 Å². The van der Waals surface area contributed by atoms with Crippen LogP contribution in [0.3, 0.4) is 0 Å². The highest BCUT2D eigenvalue weighted by atomic mass is 14.9. The van der Waals surface area contributed by atoms with Crippen LogP contribution in [-0.2, 0) is 0 Å². The molecule has 0 radical (unpaired) electrons. The molecule has 1 aromatic heterocycles. The Balaban J connectivity index is 2.19. The van der Waals surface area contributed by atoms with Crippen LogP contribution in [0.2, 0.25) is 0 Å². The van der Waals surface area contributed by atoms with Crippen molar-refractivity contribution in [2.24, 2.45) is 11.7 Å². The van der Waals surface area contributed by atoms with E-state index in [0.29, 0.717) is 18.5 Å². The van der Waals surface area contributed by atoms with Crippen molar-refractivity contribution < 1.29 is 0 Å². The predicted octanol–water partition coefficient (Wildman–Crippen LogP) is 1.96. The molecule has 86 valence electrons. The van der Waals surface area contributed by atoms with E-state index in [1.54, 1.807) is 6.33 Å². The van der Waals surface area contributed by atoms with Crippen molar-refractivity contribution in [2.75, 3.05) is 11.9 Å². The van der Waals surface area contributed by atoms with E-state index in [4.69, 9.17) is 5.73 Å². The second kappa shape index (κ2) is 4.53. The Kier molecular flexibility index (Phi) is 3.10. The minimum absolute atomic E-state index is 0.306. The summed E-state index contributed by atoms with van der Waals surface area (Å²) in [7, 11) is 0. The highest BCUT2D eigenvalue weighted by molar-refractivity contribution is 5.78. The fraction of sp³-hybridized carbons (Fsp3) is 0.417. The Labute approximate surface area is 95.3 Å². The second-order valence-electron chi connectivity index (χ2n) is 4.37. The maximum absolute atomic E-state index is 5.73. The lowest BCUT2D eigenvalue weighted by Crippen LogP contribution is -2.33. The van der Waals surface area contributed by atoms with Crippen molar-refractivity contribution >= 4 is 16.7 Å². The molecule has 0 fully saturated rings. The molecule has 0 saturated carbocycles. The summed E-state index contributed by atoms with van der Waals surface area (Å²) in [6.45, 7) is 4.97. The SMILES string of the molecule is CC(C)C(CN)Nc1ccc2nc[nH]c2c1. The molecular formula is C12H18N4. The number of rotatable bonds is 4. The van der Waals surface area contributed by atoms with Crippen LogP contribution in [0, 0.1) is 5.92 Å². The minimum Gasteiger partial charge on any atom is -0.381 e. The molecule has 0 aliphatic rings. The summed E-state index contributed by atoms with van der Waals surface area (Å²) in [5.41, 5.74) is 8.85. The van der Waals surface area contributed by atoms with E-state index < -0.39 is 0 Å². The molecule has 0 aliphatic carbocycles. The van der Waals surface area contributed by atoms with Gasteiger partial charge in [-0.25, -0.2) is 4.98 Å². The molecule has 16 heavy (non-hydrogen) atoms. The molecule has 4 nitrogen and oxygen atoms in total. The van der Waals surface area contributed by atoms with Crippen molar-refractivity contribution in [1.82, 2.24) is 9.97 Å². The lowest BCUT2D eigenvalue weighted by atomic mass is 10.0. The number of anilines is 1. The van der Waals surface area contributed by atoms with E-state index in [1.807, 2.05) is 12.1 Å². The molecular weight excluding hydrogens is 200 g/mol. The Morgan fingerprint density at radius 3 is 2.94 bits per heavy atom. The van der Waals surface area contributed by atoms with Gasteiger partial charge < -0.3 is 16.0 Å². The summed E-state index contributed by atoms with van der Waals surface area (Å²) in [6, 6.07) is 6.41. The van der Waals surface area contributed by atoms with E-state index in [0.717, 1.165) is 16.7 Å². The third-order valence-electron chi connectivity index (χ3n) is 2.83. The van der Waals surface area contributed by atoms with Gasteiger partial charge in [0.1, 0.15) is 0 Å². The first-order valence-corrected chi connectivity index (χ1v) is 5.60. The maximum atomic E-state index is 5.73. The van der Waals surface area contributed by atoms with E-state index in [-0.39, 0.29) is 0 Å². The first-order chi connectivity index (χ1) is 7.70. The van der Waals surface area contributed by atoms with Crippen LogP contribution in [0.1, 0.15) is 13.8 Å². The first-order valence-electron chi connectivity index (χ1n) is 5.60. The van der Waals surface area contributed by atoms with Crippen LogP contribution in [0.4, 0.5) is 5.69 Å². The molecule has 0 spiro atoms. The number of nitrogens with zero attached hydrogens (tertiary/aromatic N) is 1. The number of aromatic nitrogens is 2. The molecule has 1 atom stereocenters. The van der Waals surface area contributed by atoms with Crippen LogP contribution >= 0.6 is 0 Å². The number of hydrogen-bond donors (Lipinski definition) is 3. The number of nitrogens with two attached hydrogens (primary N) is 1. The largest absolute Gasteiger partial charge is 0.381 e. The van der Waals surface area contributed by atoms with Gasteiger partial charge in [-0.2, -0.15) is 0 Å². The molecule has 0 bridgehead atoms. The van der Waals surface area contributed by atoms with Gasteiger partial charge in [0, 0.05) is 18.3 Å². The van der Waals surface area contributed by atoms with Crippen LogP contribution in [-0.4, -0.2) is 22.6 Å². The third-order valence-corrected chi connectivity index (χ3v) is 2.83. The highest BCUT2D eigenvalue weighted by Gasteiger charge is 2.10. The average Bonchev–Trinajstić information content (AvgIpc) is 2.72. The van der Waals surface area contributed by atoms with Crippen molar-refractivity contribution in [1.29, 1.82) is 0 Å². The summed E-state index contributed by atoms with van der Waals surface area (Å²) >= 11 is 0. The molecule has 0 aliphatic heterocycles. The monoisotopic (exact) mass is 218 g/mol. The van der Waals surface area contributed by atoms with E-state index in [9.17, 15) is 0 Å². The van der Waals surface area contributed by atoms with E-state index in [1.165, 1.54) is 0 Å². The van der Waals surface area contributed by atoms with Gasteiger partial charge in [-0.15, -0.1) is 0 Å². The Morgan fingerprint density at radius 1 is 1.44 bits per heavy atom. The van der Waals surface area contributed by atoms with Gasteiger partial charge in [0.15, 0.2) is 0 Å². The molecule has 2 rings (SSSR count). The van der Waals surface area contributed by atoms with Crippen molar-refractivity contribution in [3.8, 4) is 0 Å². The zero-order chi connectivity index (χ0) is 11.5. The number of fused-ring (bicyclic) bond motifs is 1. The highest BCUT2D eigenvalue weighted by Crippen LogP contribution is 2.17. The van der Waals surface area contributed by atoms with Crippen molar-refractivity contribution in [3.63, 3.8) is 0 Å². The van der Waals surface area contributed by atoms with E-state index >= 15 is 0 Å². The molecule has 0 amide bonds. The molecule has 1 heterocycles. The minimum atomic E-state index is 0.306. The normalized spacial score (nSPS) is 13.2. The van der Waals surface area contributed by atoms with Gasteiger partial charge in [0.2, 0.25) is 0 Å². The van der Waals surface area contributed by atoms with Crippen molar-refractivity contribution in [3.05, 3.63) is 24.5 Å². The van der Waals surface area contributed by atoms with Gasteiger partial charge in [-0.05, 0) is 24.1 Å². The lowest BCUT2D eigenvalue weighted by molar-refractivity contribution is 0.531. The number of hydrogen-bond acceptors (Lipinski definition) is 3. The van der Waals surface area contributed by atoms with Crippen LogP contribution in [0.25, 0.3) is 11.0 Å². The fourth-order valence-electron chi connectivity index (χ4n) is 1.74. The predicted molar refractivity (Wildman–Crippen MR) is 67.4 cm³/mol. The summed E-state index contributed by atoms with van der Waals surface area (Å²) in [4.78, 5) is 7.28. The zero-order valence-corrected chi connectivity index (χ0v) is 9.70. The summed E-state index contributed by atoms with van der Waals surface area (Å²) < 4.78 is 0. The topological polar surface area (TPSA) is 66.7 Å². The molecule has 0 saturated heterocycles. The number of nitrogens with one attached hydrogen (secondary N) is 2. The number of benzene rings is 1. The standard InChI is InChI=1S/C12H18N4/c1-8(2)12(6-13)16-9-3-4-10-11(5-9)15-7-14-10/h3-5,7-8,12,16H,6,13H2,1-2H3,(H,14,15). The first kappa shape index (κ1) is 11.0. The number of H-pyrrole nitrogens is 1. The van der Waals surface area contributed by atoms with Crippen molar-refractivity contribution in [2.45, 2.75) is 19.9 Å². The zero-order valence-electron chi connectivity index (χ0n) is 9.70.